The number of fused-ring (bicyclic) bond motifs is 1. The quantitative estimate of drug-likeness (QED) is 0.564. The third-order valence-electron chi connectivity index (χ3n) is 4.68. The van der Waals surface area contributed by atoms with E-state index < -0.39 is 0 Å². The Morgan fingerprint density at radius 2 is 1.82 bits per heavy atom. The van der Waals surface area contributed by atoms with Crippen LogP contribution < -0.4 is 5.32 Å². The number of rotatable bonds is 5. The lowest BCUT2D eigenvalue weighted by Crippen LogP contribution is -2.23. The maximum Gasteiger partial charge on any atom is 0.252 e. The number of hydrogen-bond acceptors (Lipinski definition) is 3. The van der Waals surface area contributed by atoms with E-state index in [0.29, 0.717) is 12.1 Å². The summed E-state index contributed by atoms with van der Waals surface area (Å²) in [5.74, 6) is 0.147. The van der Waals surface area contributed by atoms with Crippen molar-refractivity contribution in [3.05, 3.63) is 89.9 Å². The zero-order chi connectivity index (χ0) is 19.5. The molecule has 4 rings (SSSR count). The Morgan fingerprint density at radius 3 is 2.61 bits per heavy atom. The van der Waals surface area contributed by atoms with Gasteiger partial charge in [0.2, 0.25) is 0 Å². The molecule has 4 aromatic rings. The van der Waals surface area contributed by atoms with Crippen molar-refractivity contribution in [1.29, 1.82) is 0 Å². The molecule has 0 aliphatic carbocycles. The van der Waals surface area contributed by atoms with Gasteiger partial charge in [0.15, 0.2) is 0 Å². The molecule has 0 aliphatic rings. The third-order valence-corrected chi connectivity index (χ3v) is 4.68. The van der Waals surface area contributed by atoms with E-state index in [9.17, 15) is 4.79 Å². The molecule has 2 aromatic heterocycles. The SMILES string of the molecule is CC(C)c1cc(C(=O)NCc2cnn(-c3ccccc3)c2)c2ccccc2n1. The zero-order valence-electron chi connectivity index (χ0n) is 16.0. The van der Waals surface area contributed by atoms with Gasteiger partial charge in [0, 0.05) is 29.4 Å². The van der Waals surface area contributed by atoms with Crippen molar-refractivity contribution in [1.82, 2.24) is 20.1 Å². The minimum atomic E-state index is -0.104. The van der Waals surface area contributed by atoms with Crippen LogP contribution in [0.25, 0.3) is 16.6 Å². The van der Waals surface area contributed by atoms with Crippen LogP contribution >= 0.6 is 0 Å². The molecule has 2 aromatic carbocycles. The molecule has 0 fully saturated rings. The Morgan fingerprint density at radius 1 is 1.07 bits per heavy atom. The molecular weight excluding hydrogens is 348 g/mol. The number of carbonyl (C=O) groups is 1. The van der Waals surface area contributed by atoms with Crippen LogP contribution in [-0.4, -0.2) is 20.7 Å². The van der Waals surface area contributed by atoms with E-state index in [4.69, 9.17) is 0 Å². The number of benzene rings is 2. The Kier molecular flexibility index (Phi) is 4.89. The van der Waals surface area contributed by atoms with Crippen LogP contribution in [0.2, 0.25) is 0 Å². The van der Waals surface area contributed by atoms with E-state index in [1.807, 2.05) is 66.9 Å². The largest absolute Gasteiger partial charge is 0.348 e. The summed E-state index contributed by atoms with van der Waals surface area (Å²) >= 11 is 0. The summed E-state index contributed by atoms with van der Waals surface area (Å²) in [6.07, 6.45) is 3.71. The smallest absolute Gasteiger partial charge is 0.252 e. The van der Waals surface area contributed by atoms with Crippen molar-refractivity contribution in [2.75, 3.05) is 0 Å². The molecule has 5 nitrogen and oxygen atoms in total. The van der Waals surface area contributed by atoms with Crippen molar-refractivity contribution in [2.45, 2.75) is 26.3 Å². The highest BCUT2D eigenvalue weighted by atomic mass is 16.1. The molecule has 140 valence electrons. The van der Waals surface area contributed by atoms with Gasteiger partial charge in [-0.15, -0.1) is 0 Å². The van der Waals surface area contributed by atoms with Crippen LogP contribution in [0.5, 0.6) is 0 Å². The lowest BCUT2D eigenvalue weighted by atomic mass is 10.0. The third kappa shape index (κ3) is 3.64. The first-order valence-electron chi connectivity index (χ1n) is 9.38. The molecule has 0 spiro atoms. The molecule has 1 amide bonds. The average molecular weight is 370 g/mol. The van der Waals surface area contributed by atoms with E-state index in [-0.39, 0.29) is 11.8 Å². The number of amides is 1. The van der Waals surface area contributed by atoms with Crippen molar-refractivity contribution in [2.24, 2.45) is 0 Å². The predicted octanol–water partition coefficient (Wildman–Crippen LogP) is 4.47. The van der Waals surface area contributed by atoms with E-state index in [1.54, 1.807) is 10.9 Å². The van der Waals surface area contributed by atoms with E-state index in [0.717, 1.165) is 27.8 Å². The number of hydrogen-bond donors (Lipinski definition) is 1. The van der Waals surface area contributed by atoms with E-state index >= 15 is 0 Å². The summed E-state index contributed by atoms with van der Waals surface area (Å²) in [5, 5.41) is 8.26. The number of pyridine rings is 1. The van der Waals surface area contributed by atoms with Gasteiger partial charge in [0.1, 0.15) is 0 Å². The van der Waals surface area contributed by atoms with Crippen molar-refractivity contribution in [3.8, 4) is 5.69 Å². The Balaban J connectivity index is 1.55. The van der Waals surface area contributed by atoms with Crippen molar-refractivity contribution >= 4 is 16.8 Å². The van der Waals surface area contributed by atoms with Crippen LogP contribution in [0.3, 0.4) is 0 Å². The zero-order valence-corrected chi connectivity index (χ0v) is 16.0. The van der Waals surface area contributed by atoms with Gasteiger partial charge in [-0.2, -0.15) is 5.10 Å². The normalized spacial score (nSPS) is 11.1. The van der Waals surface area contributed by atoms with Crippen LogP contribution in [0.1, 0.15) is 41.4 Å². The second kappa shape index (κ2) is 7.64. The van der Waals surface area contributed by atoms with Crippen LogP contribution in [-0.2, 0) is 6.54 Å². The molecule has 0 bridgehead atoms. The van der Waals surface area contributed by atoms with Gasteiger partial charge in [0.05, 0.1) is 23.0 Å². The van der Waals surface area contributed by atoms with E-state index in [1.165, 1.54) is 0 Å². The van der Waals surface area contributed by atoms with Crippen LogP contribution in [0, 0.1) is 0 Å². The molecule has 0 aliphatic heterocycles. The molecule has 0 unspecified atom stereocenters. The van der Waals surface area contributed by atoms with E-state index in [2.05, 4.69) is 29.2 Å². The minimum Gasteiger partial charge on any atom is -0.348 e. The Hall–Kier alpha value is -3.47. The highest BCUT2D eigenvalue weighted by Gasteiger charge is 2.14. The molecule has 0 saturated heterocycles. The highest BCUT2D eigenvalue weighted by molar-refractivity contribution is 6.06. The molecule has 0 radical (unpaired) electrons. The first kappa shape index (κ1) is 17.9. The van der Waals surface area contributed by atoms with Crippen molar-refractivity contribution < 1.29 is 4.79 Å². The number of nitrogens with zero attached hydrogens (tertiary/aromatic N) is 3. The summed E-state index contributed by atoms with van der Waals surface area (Å²) in [5.41, 5.74) is 4.35. The topological polar surface area (TPSA) is 59.8 Å². The fourth-order valence-electron chi connectivity index (χ4n) is 3.13. The molecule has 2 heterocycles. The molecule has 1 N–H and O–H groups in total. The second-order valence-electron chi connectivity index (χ2n) is 7.08. The van der Waals surface area contributed by atoms with Gasteiger partial charge in [-0.05, 0) is 30.2 Å². The maximum absolute atomic E-state index is 12.9. The summed E-state index contributed by atoms with van der Waals surface area (Å²) in [6.45, 7) is 4.58. The molecule has 5 heteroatoms. The number of para-hydroxylation sites is 2. The standard InChI is InChI=1S/C23H22N4O/c1-16(2)22-12-20(19-10-6-7-11-21(19)26-22)23(28)24-13-17-14-25-27(15-17)18-8-4-3-5-9-18/h3-12,14-16H,13H2,1-2H3,(H,24,28). The lowest BCUT2D eigenvalue weighted by Gasteiger charge is -2.11. The fraction of sp³-hybridized carbons (Fsp3) is 0.174. The summed E-state index contributed by atoms with van der Waals surface area (Å²) in [4.78, 5) is 17.6. The molecule has 0 saturated carbocycles. The second-order valence-corrected chi connectivity index (χ2v) is 7.08. The summed E-state index contributed by atoms with van der Waals surface area (Å²) in [7, 11) is 0. The van der Waals surface area contributed by atoms with Crippen LogP contribution in [0.4, 0.5) is 0 Å². The van der Waals surface area contributed by atoms with Gasteiger partial charge in [-0.25, -0.2) is 4.68 Å². The summed E-state index contributed by atoms with van der Waals surface area (Å²) in [6, 6.07) is 19.6. The predicted molar refractivity (Wildman–Crippen MR) is 111 cm³/mol. The first-order chi connectivity index (χ1) is 13.6. The average Bonchev–Trinajstić information content (AvgIpc) is 3.21. The Bertz CT molecular complexity index is 1120. The van der Waals surface area contributed by atoms with Crippen LogP contribution in [0.15, 0.2) is 73.1 Å². The van der Waals surface area contributed by atoms with Gasteiger partial charge < -0.3 is 5.32 Å². The number of nitrogens with one attached hydrogen (secondary N) is 1. The first-order valence-corrected chi connectivity index (χ1v) is 9.38. The number of aromatic nitrogens is 3. The molecule has 28 heavy (non-hydrogen) atoms. The van der Waals surface area contributed by atoms with Gasteiger partial charge in [-0.3, -0.25) is 9.78 Å². The summed E-state index contributed by atoms with van der Waals surface area (Å²) < 4.78 is 1.81. The van der Waals surface area contributed by atoms with Crippen molar-refractivity contribution in [3.63, 3.8) is 0 Å². The fourth-order valence-corrected chi connectivity index (χ4v) is 3.13. The maximum atomic E-state index is 12.9. The van der Waals surface area contributed by atoms with Gasteiger partial charge >= 0.3 is 0 Å². The molecule has 0 atom stereocenters. The number of carbonyl (C=O) groups excluding carboxylic acids is 1. The van der Waals surface area contributed by atoms with Gasteiger partial charge in [-0.1, -0.05) is 50.2 Å². The Labute approximate surface area is 164 Å². The lowest BCUT2D eigenvalue weighted by molar-refractivity contribution is 0.0952. The van der Waals surface area contributed by atoms with Gasteiger partial charge in [0.25, 0.3) is 5.91 Å². The monoisotopic (exact) mass is 370 g/mol. The minimum absolute atomic E-state index is 0.104. The highest BCUT2D eigenvalue weighted by Crippen LogP contribution is 2.22. The molecular formula is C23H22N4O.